The minimum atomic E-state index is -3.60. The average molecular weight is 450 g/mol. The largest absolute Gasteiger partial charge is 0.339 e. The molecule has 6 nitrogen and oxygen atoms in total. The lowest BCUT2D eigenvalue weighted by atomic mass is 9.86. The van der Waals surface area contributed by atoms with E-state index in [0.717, 1.165) is 5.69 Å². The van der Waals surface area contributed by atoms with E-state index in [9.17, 15) is 13.2 Å². The molecule has 0 saturated carbocycles. The first-order valence-electron chi connectivity index (χ1n) is 8.81. The fourth-order valence-electron chi connectivity index (χ4n) is 3.92. The van der Waals surface area contributed by atoms with Crippen LogP contribution >= 0.6 is 15.9 Å². The summed E-state index contributed by atoms with van der Waals surface area (Å²) in [7, 11) is -3.60. The Morgan fingerprint density at radius 2 is 1.59 bits per heavy atom. The van der Waals surface area contributed by atoms with Crippen molar-refractivity contribution < 1.29 is 13.2 Å². The normalized spacial score (nSPS) is 20.0. The van der Waals surface area contributed by atoms with Crippen LogP contribution in [0.3, 0.4) is 0 Å². The van der Waals surface area contributed by atoms with E-state index in [-0.39, 0.29) is 10.8 Å². The third kappa shape index (κ3) is 3.05. The number of hydrogen-bond acceptors (Lipinski definition) is 4. The minimum Gasteiger partial charge on any atom is -0.339 e. The number of carbonyl (C=O) groups excluding carboxylic acids is 1. The number of sulfonamides is 1. The first kappa shape index (κ1) is 18.5. The molecule has 0 aliphatic carbocycles. The monoisotopic (exact) mass is 449 g/mol. The summed E-state index contributed by atoms with van der Waals surface area (Å²) in [6, 6.07) is 16.6. The van der Waals surface area contributed by atoms with Crippen molar-refractivity contribution in [2.75, 3.05) is 24.7 Å². The first-order valence-corrected chi connectivity index (χ1v) is 11.0. The number of piperidine rings is 1. The highest BCUT2D eigenvalue weighted by molar-refractivity contribution is 9.10. The topological polar surface area (TPSA) is 69.7 Å². The second-order valence-electron chi connectivity index (χ2n) is 6.79. The lowest BCUT2D eigenvalue weighted by Gasteiger charge is -2.42. The SMILES string of the molecule is O=C1NCN(c2ccccc2)C12CCN(S(=O)(=O)c1ccccc1Br)CC2. The van der Waals surface area contributed by atoms with E-state index in [1.54, 1.807) is 24.3 Å². The lowest BCUT2D eigenvalue weighted by molar-refractivity contribution is -0.124. The predicted molar refractivity (Wildman–Crippen MR) is 107 cm³/mol. The number of para-hydroxylation sites is 1. The third-order valence-corrected chi connectivity index (χ3v) is 8.32. The summed E-state index contributed by atoms with van der Waals surface area (Å²) in [4.78, 5) is 15.0. The second-order valence-corrected chi connectivity index (χ2v) is 9.55. The van der Waals surface area contributed by atoms with Gasteiger partial charge in [-0.3, -0.25) is 4.79 Å². The van der Waals surface area contributed by atoms with E-state index in [1.165, 1.54) is 4.31 Å². The molecule has 142 valence electrons. The molecule has 0 bridgehead atoms. The van der Waals surface area contributed by atoms with Crippen molar-refractivity contribution in [3.05, 3.63) is 59.1 Å². The van der Waals surface area contributed by atoms with Crippen LogP contribution in [0.2, 0.25) is 0 Å². The number of rotatable bonds is 3. The highest BCUT2D eigenvalue weighted by Gasteiger charge is 2.51. The number of amides is 1. The van der Waals surface area contributed by atoms with Crippen LogP contribution in [0.15, 0.2) is 64.0 Å². The molecule has 1 spiro atoms. The van der Waals surface area contributed by atoms with Crippen molar-refractivity contribution in [2.45, 2.75) is 23.3 Å². The predicted octanol–water partition coefficient (Wildman–Crippen LogP) is 2.57. The van der Waals surface area contributed by atoms with Gasteiger partial charge >= 0.3 is 0 Å². The Kier molecular flexibility index (Phi) is 4.73. The van der Waals surface area contributed by atoms with Gasteiger partial charge in [0.2, 0.25) is 15.9 Å². The summed E-state index contributed by atoms with van der Waals surface area (Å²) >= 11 is 3.33. The maximum atomic E-state index is 13.0. The lowest BCUT2D eigenvalue weighted by Crippen LogP contribution is -2.57. The van der Waals surface area contributed by atoms with Crippen LogP contribution in [0.5, 0.6) is 0 Å². The Morgan fingerprint density at radius 1 is 0.963 bits per heavy atom. The van der Waals surface area contributed by atoms with E-state index < -0.39 is 15.6 Å². The summed E-state index contributed by atoms with van der Waals surface area (Å²) in [6.07, 6.45) is 0.912. The molecule has 2 saturated heterocycles. The van der Waals surface area contributed by atoms with E-state index in [0.29, 0.717) is 37.1 Å². The van der Waals surface area contributed by atoms with Gasteiger partial charge in [-0.25, -0.2) is 8.42 Å². The molecular weight excluding hydrogens is 430 g/mol. The van der Waals surface area contributed by atoms with Crippen molar-refractivity contribution in [3.63, 3.8) is 0 Å². The number of carbonyl (C=O) groups is 1. The van der Waals surface area contributed by atoms with Crippen molar-refractivity contribution >= 4 is 37.5 Å². The van der Waals surface area contributed by atoms with Gasteiger partial charge in [0.25, 0.3) is 0 Å². The smallest absolute Gasteiger partial charge is 0.247 e. The summed E-state index contributed by atoms with van der Waals surface area (Å²) in [5.74, 6) is -0.0238. The minimum absolute atomic E-state index is 0.0238. The zero-order chi connectivity index (χ0) is 19.1. The number of anilines is 1. The Balaban J connectivity index is 1.59. The van der Waals surface area contributed by atoms with Crippen molar-refractivity contribution in [2.24, 2.45) is 0 Å². The molecular formula is C19H20BrN3O3S. The fraction of sp³-hybridized carbons (Fsp3) is 0.316. The van der Waals surface area contributed by atoms with Gasteiger partial charge in [-0.1, -0.05) is 30.3 Å². The average Bonchev–Trinajstić information content (AvgIpc) is 2.99. The Labute approximate surface area is 167 Å². The molecule has 8 heteroatoms. The van der Waals surface area contributed by atoms with Crippen molar-refractivity contribution in [1.29, 1.82) is 0 Å². The Morgan fingerprint density at radius 3 is 2.26 bits per heavy atom. The molecule has 1 amide bonds. The quantitative estimate of drug-likeness (QED) is 0.781. The second kappa shape index (κ2) is 6.92. The Hall–Kier alpha value is -1.90. The van der Waals surface area contributed by atoms with Gasteiger partial charge in [0, 0.05) is 23.2 Å². The molecule has 4 rings (SSSR count). The first-order chi connectivity index (χ1) is 12.9. The van der Waals surface area contributed by atoms with E-state index in [2.05, 4.69) is 26.1 Å². The maximum Gasteiger partial charge on any atom is 0.247 e. The maximum absolute atomic E-state index is 13.0. The van der Waals surface area contributed by atoms with Crippen molar-refractivity contribution in [3.8, 4) is 0 Å². The van der Waals surface area contributed by atoms with E-state index in [1.807, 2.05) is 30.3 Å². The van der Waals surface area contributed by atoms with Gasteiger partial charge in [-0.05, 0) is 53.0 Å². The molecule has 2 aromatic rings. The molecule has 0 aromatic heterocycles. The van der Waals surface area contributed by atoms with Gasteiger partial charge in [0.1, 0.15) is 5.54 Å². The van der Waals surface area contributed by atoms with Crippen LogP contribution in [0.25, 0.3) is 0 Å². The van der Waals surface area contributed by atoms with Gasteiger partial charge in [-0.2, -0.15) is 4.31 Å². The summed E-state index contributed by atoms with van der Waals surface area (Å²) in [6.45, 7) is 1.06. The zero-order valence-electron chi connectivity index (χ0n) is 14.6. The van der Waals surface area contributed by atoms with Crippen LogP contribution in [0.1, 0.15) is 12.8 Å². The number of hydrogen-bond donors (Lipinski definition) is 1. The van der Waals surface area contributed by atoms with Crippen molar-refractivity contribution in [1.82, 2.24) is 9.62 Å². The summed E-state index contributed by atoms with van der Waals surface area (Å²) in [5, 5.41) is 2.93. The molecule has 2 heterocycles. The van der Waals surface area contributed by atoms with Gasteiger partial charge < -0.3 is 10.2 Å². The number of nitrogens with zero attached hydrogens (tertiary/aromatic N) is 2. The molecule has 2 aliphatic heterocycles. The third-order valence-electron chi connectivity index (χ3n) is 5.41. The molecule has 1 N–H and O–H groups in total. The standard InChI is InChI=1S/C19H20BrN3O3S/c20-16-8-4-5-9-17(16)27(25,26)22-12-10-19(11-13-22)18(24)21-14-23(19)15-6-2-1-3-7-15/h1-9H,10-14H2,(H,21,24). The molecule has 0 radical (unpaired) electrons. The van der Waals surface area contributed by atoms with Gasteiger partial charge in [-0.15, -0.1) is 0 Å². The van der Waals surface area contributed by atoms with Crippen LogP contribution in [-0.4, -0.2) is 43.9 Å². The number of nitrogens with one attached hydrogen (secondary N) is 1. The zero-order valence-corrected chi connectivity index (χ0v) is 17.0. The molecule has 2 fully saturated rings. The van der Waals surface area contributed by atoms with Crippen LogP contribution < -0.4 is 10.2 Å². The molecule has 2 aliphatic rings. The van der Waals surface area contributed by atoms with E-state index in [4.69, 9.17) is 0 Å². The number of benzene rings is 2. The van der Waals surface area contributed by atoms with Crippen LogP contribution in [0.4, 0.5) is 5.69 Å². The fourth-order valence-corrected chi connectivity index (χ4v) is 6.33. The molecule has 0 atom stereocenters. The molecule has 27 heavy (non-hydrogen) atoms. The number of halogens is 1. The highest BCUT2D eigenvalue weighted by Crippen LogP contribution is 2.38. The highest BCUT2D eigenvalue weighted by atomic mass is 79.9. The summed E-state index contributed by atoms with van der Waals surface area (Å²) < 4.78 is 28.1. The van der Waals surface area contributed by atoms with Gasteiger partial charge in [0.15, 0.2) is 0 Å². The van der Waals surface area contributed by atoms with Crippen LogP contribution in [0, 0.1) is 0 Å². The molecule has 0 unspecified atom stereocenters. The Bertz CT molecular complexity index is 957. The molecule has 2 aromatic carbocycles. The van der Waals surface area contributed by atoms with Crippen LogP contribution in [-0.2, 0) is 14.8 Å². The van der Waals surface area contributed by atoms with E-state index >= 15 is 0 Å². The van der Waals surface area contributed by atoms with Gasteiger partial charge in [0.05, 0.1) is 11.6 Å². The summed E-state index contributed by atoms with van der Waals surface area (Å²) in [5.41, 5.74) is 0.277.